The Balaban J connectivity index is 0.970. The summed E-state index contributed by atoms with van der Waals surface area (Å²) in [5, 5.41) is 12.0. The molecule has 2 aromatic heterocycles. The van der Waals surface area contributed by atoms with E-state index in [0.717, 1.165) is 55.1 Å². The maximum Gasteiger partial charge on any atom is 0.0788 e. The fourth-order valence-corrected chi connectivity index (χ4v) is 8.24. The van der Waals surface area contributed by atoms with Crippen molar-refractivity contribution >= 4 is 64.9 Å². The van der Waals surface area contributed by atoms with Gasteiger partial charge in [-0.05, 0) is 78.8 Å². The van der Waals surface area contributed by atoms with Crippen LogP contribution < -0.4 is 0 Å². The molecular weight excluding hydrogens is 653 g/mol. The monoisotopic (exact) mass is 684 g/mol. The second-order valence-electron chi connectivity index (χ2n) is 14.2. The smallest absolute Gasteiger partial charge is 0.0788 e. The van der Waals surface area contributed by atoms with Gasteiger partial charge in [0.1, 0.15) is 0 Å². The lowest BCUT2D eigenvalue weighted by atomic mass is 9.95. The minimum absolute atomic E-state index is 0.954. The van der Waals surface area contributed by atoms with Crippen LogP contribution in [0.15, 0.2) is 194 Å². The van der Waals surface area contributed by atoms with Gasteiger partial charge in [0.25, 0.3) is 0 Å². The lowest BCUT2D eigenvalue weighted by Gasteiger charge is -2.11. The standard InChI is InChI=1S/C52H32N2/c1-3-11-43-33(7-1)9-5-13-45(43)41-25-17-35-15-23-39-27-29-49(53-51(39)47(35)31-41)37-19-21-38(22-20-37)50-30-28-40-24-16-36-18-26-42(32-48(36)52(40)54-50)46-14-6-10-34-8-2-4-12-44(34)46/h1-32H. The summed E-state index contributed by atoms with van der Waals surface area (Å²) in [6.07, 6.45) is 0. The highest BCUT2D eigenvalue weighted by Gasteiger charge is 2.12. The van der Waals surface area contributed by atoms with Crippen LogP contribution in [-0.4, -0.2) is 9.97 Å². The largest absolute Gasteiger partial charge is 0.247 e. The molecule has 0 saturated heterocycles. The maximum atomic E-state index is 5.28. The molecule has 2 heterocycles. The van der Waals surface area contributed by atoms with E-state index in [4.69, 9.17) is 9.97 Å². The van der Waals surface area contributed by atoms with Crippen molar-refractivity contribution in [2.24, 2.45) is 0 Å². The van der Waals surface area contributed by atoms with Crippen LogP contribution in [0.1, 0.15) is 0 Å². The first-order valence-corrected chi connectivity index (χ1v) is 18.5. The number of nitrogens with zero attached hydrogens (tertiary/aromatic N) is 2. The molecule has 0 aliphatic carbocycles. The van der Waals surface area contributed by atoms with Crippen molar-refractivity contribution in [3.05, 3.63) is 194 Å². The number of pyridine rings is 2. The summed E-state index contributed by atoms with van der Waals surface area (Å²) in [5.74, 6) is 0. The van der Waals surface area contributed by atoms with Gasteiger partial charge in [-0.3, -0.25) is 0 Å². The summed E-state index contributed by atoms with van der Waals surface area (Å²) in [5.41, 5.74) is 11.0. The first-order valence-electron chi connectivity index (χ1n) is 18.5. The molecule has 2 nitrogen and oxygen atoms in total. The predicted molar refractivity (Wildman–Crippen MR) is 229 cm³/mol. The third-order valence-electron chi connectivity index (χ3n) is 11.0. The molecule has 0 fully saturated rings. The molecule has 11 rings (SSSR count). The van der Waals surface area contributed by atoms with Gasteiger partial charge in [-0.2, -0.15) is 0 Å². The molecule has 2 heteroatoms. The SMILES string of the molecule is c1ccc2c(-c3ccc4ccc5ccc(-c6ccc(-c7ccc8ccc9ccc(-c%10cccc%11ccccc%10%11)cc9c8n7)cc6)nc5c4c3)cccc2c1. The van der Waals surface area contributed by atoms with Crippen molar-refractivity contribution < 1.29 is 0 Å². The van der Waals surface area contributed by atoms with Crippen molar-refractivity contribution in [1.29, 1.82) is 0 Å². The predicted octanol–water partition coefficient (Wildman–Crippen LogP) is 14.1. The first-order chi connectivity index (χ1) is 26.7. The molecule has 54 heavy (non-hydrogen) atoms. The Morgan fingerprint density at radius 1 is 0.241 bits per heavy atom. The number of aromatic nitrogens is 2. The topological polar surface area (TPSA) is 25.8 Å². The van der Waals surface area contributed by atoms with E-state index in [1.54, 1.807) is 0 Å². The molecule has 0 aliphatic heterocycles. The molecule has 9 aromatic carbocycles. The Morgan fingerprint density at radius 3 is 1.07 bits per heavy atom. The summed E-state index contributed by atoms with van der Waals surface area (Å²) in [4.78, 5) is 10.6. The lowest BCUT2D eigenvalue weighted by Crippen LogP contribution is -1.90. The highest BCUT2D eigenvalue weighted by Crippen LogP contribution is 2.36. The van der Waals surface area contributed by atoms with Crippen LogP contribution >= 0.6 is 0 Å². The van der Waals surface area contributed by atoms with Crippen LogP contribution in [0.4, 0.5) is 0 Å². The third kappa shape index (κ3) is 5.03. The van der Waals surface area contributed by atoms with Gasteiger partial charge < -0.3 is 0 Å². The Bertz CT molecular complexity index is 3040. The average Bonchev–Trinajstić information content (AvgIpc) is 3.25. The molecule has 250 valence electrons. The van der Waals surface area contributed by atoms with E-state index in [0.29, 0.717) is 0 Å². The summed E-state index contributed by atoms with van der Waals surface area (Å²) < 4.78 is 0. The van der Waals surface area contributed by atoms with E-state index in [-0.39, 0.29) is 0 Å². The van der Waals surface area contributed by atoms with Crippen molar-refractivity contribution in [1.82, 2.24) is 9.97 Å². The molecule has 0 amide bonds. The van der Waals surface area contributed by atoms with E-state index in [2.05, 4.69) is 194 Å². The van der Waals surface area contributed by atoms with Crippen LogP contribution in [0.5, 0.6) is 0 Å². The Labute approximate surface area is 312 Å². The zero-order valence-electron chi connectivity index (χ0n) is 29.4. The summed E-state index contributed by atoms with van der Waals surface area (Å²) in [6, 6.07) is 69.8. The van der Waals surface area contributed by atoms with Gasteiger partial charge in [-0.15, -0.1) is 0 Å². The van der Waals surface area contributed by atoms with Gasteiger partial charge in [0.05, 0.1) is 22.4 Å². The van der Waals surface area contributed by atoms with E-state index >= 15 is 0 Å². The van der Waals surface area contributed by atoms with Gasteiger partial charge in [0.2, 0.25) is 0 Å². The van der Waals surface area contributed by atoms with E-state index in [1.165, 1.54) is 54.6 Å². The van der Waals surface area contributed by atoms with Crippen LogP contribution in [0.3, 0.4) is 0 Å². The molecule has 0 spiro atoms. The first kappa shape index (κ1) is 30.5. The number of benzene rings is 9. The van der Waals surface area contributed by atoms with Gasteiger partial charge in [-0.1, -0.05) is 170 Å². The molecule has 0 aliphatic rings. The highest BCUT2D eigenvalue weighted by atomic mass is 14.7. The number of fused-ring (bicyclic) bond motifs is 8. The second-order valence-corrected chi connectivity index (χ2v) is 14.2. The van der Waals surface area contributed by atoms with Crippen LogP contribution in [-0.2, 0) is 0 Å². The van der Waals surface area contributed by atoms with Crippen molar-refractivity contribution in [3.8, 4) is 44.8 Å². The van der Waals surface area contributed by atoms with E-state index < -0.39 is 0 Å². The van der Waals surface area contributed by atoms with Crippen LogP contribution in [0.2, 0.25) is 0 Å². The summed E-state index contributed by atoms with van der Waals surface area (Å²) in [7, 11) is 0. The van der Waals surface area contributed by atoms with E-state index in [9.17, 15) is 0 Å². The molecule has 11 aromatic rings. The van der Waals surface area contributed by atoms with E-state index in [1.807, 2.05) is 0 Å². The number of hydrogen-bond donors (Lipinski definition) is 0. The number of rotatable bonds is 4. The highest BCUT2D eigenvalue weighted by molar-refractivity contribution is 6.10. The molecule has 0 unspecified atom stereocenters. The van der Waals surface area contributed by atoms with Crippen molar-refractivity contribution in [2.75, 3.05) is 0 Å². The molecular formula is C52H32N2. The lowest BCUT2D eigenvalue weighted by molar-refractivity contribution is 1.39. The van der Waals surface area contributed by atoms with Crippen LogP contribution in [0.25, 0.3) is 110 Å². The minimum atomic E-state index is 0.954. The average molecular weight is 685 g/mol. The zero-order valence-corrected chi connectivity index (χ0v) is 29.4. The van der Waals surface area contributed by atoms with Gasteiger partial charge >= 0.3 is 0 Å². The molecule has 0 radical (unpaired) electrons. The zero-order chi connectivity index (χ0) is 35.6. The molecule has 0 atom stereocenters. The van der Waals surface area contributed by atoms with Gasteiger partial charge in [-0.25, -0.2) is 9.97 Å². The molecule has 0 N–H and O–H groups in total. The van der Waals surface area contributed by atoms with Gasteiger partial charge in [0, 0.05) is 32.7 Å². The fraction of sp³-hybridized carbons (Fsp3) is 0. The van der Waals surface area contributed by atoms with Gasteiger partial charge in [0.15, 0.2) is 0 Å². The summed E-state index contributed by atoms with van der Waals surface area (Å²) >= 11 is 0. The minimum Gasteiger partial charge on any atom is -0.247 e. The Hall–Kier alpha value is -7.16. The maximum absolute atomic E-state index is 5.28. The van der Waals surface area contributed by atoms with Crippen LogP contribution in [0, 0.1) is 0 Å². The Morgan fingerprint density at radius 2 is 0.593 bits per heavy atom. The van der Waals surface area contributed by atoms with Crippen molar-refractivity contribution in [3.63, 3.8) is 0 Å². The normalized spacial score (nSPS) is 11.7. The van der Waals surface area contributed by atoms with Crippen molar-refractivity contribution in [2.45, 2.75) is 0 Å². The molecule has 0 saturated carbocycles. The number of hydrogen-bond acceptors (Lipinski definition) is 2. The second kappa shape index (κ2) is 12.2. The molecule has 0 bridgehead atoms. The quantitative estimate of drug-likeness (QED) is 0.172. The Kier molecular flexibility index (Phi) is 6.90. The third-order valence-corrected chi connectivity index (χ3v) is 11.0. The fourth-order valence-electron chi connectivity index (χ4n) is 8.24. The summed E-state index contributed by atoms with van der Waals surface area (Å²) in [6.45, 7) is 0.